The van der Waals surface area contributed by atoms with Crippen LogP contribution in [0.1, 0.15) is 6.92 Å². The lowest BCUT2D eigenvalue weighted by Gasteiger charge is -2.22. The number of aliphatic carboxylic acids is 1. The van der Waals surface area contributed by atoms with Gasteiger partial charge in [0.05, 0.1) is 22.4 Å². The van der Waals surface area contributed by atoms with Crippen LogP contribution < -0.4 is 5.32 Å². The molecule has 1 aromatic carbocycles. The number of carbonyl (C=O) groups excluding carboxylic acids is 1. The van der Waals surface area contributed by atoms with E-state index in [0.717, 1.165) is 16.6 Å². The number of carboxylic acids is 1. The normalized spacial score (nSPS) is 12.2. The average Bonchev–Trinajstić information content (AvgIpc) is 2.88. The van der Waals surface area contributed by atoms with E-state index < -0.39 is 18.0 Å². The largest absolute Gasteiger partial charge is 0.480 e. The summed E-state index contributed by atoms with van der Waals surface area (Å²) in [5, 5.41) is 11.8. The van der Waals surface area contributed by atoms with Gasteiger partial charge in [0.2, 0.25) is 0 Å². The van der Waals surface area contributed by atoms with Crippen molar-refractivity contribution in [2.24, 2.45) is 0 Å². The third kappa shape index (κ3) is 2.66. The lowest BCUT2D eigenvalue weighted by Crippen LogP contribution is -2.42. The van der Waals surface area contributed by atoms with Crippen LogP contribution in [0.2, 0.25) is 5.02 Å². The Balaban J connectivity index is 2.28. The molecular formula is C11H11ClN4O3S. The standard InChI is InChI=1S/C11H11ClN4O3S/c1-5(10(17)18)16(2)11(19)13-8-6(12)3-4-7-9(8)15-20-14-7/h3-5H,1-2H3,(H,13,19)(H,17,18). The van der Waals surface area contributed by atoms with Gasteiger partial charge in [-0.3, -0.25) is 0 Å². The van der Waals surface area contributed by atoms with E-state index in [4.69, 9.17) is 16.7 Å². The van der Waals surface area contributed by atoms with Gasteiger partial charge in [0.15, 0.2) is 0 Å². The minimum atomic E-state index is -1.10. The molecule has 1 unspecified atom stereocenters. The molecule has 0 fully saturated rings. The molecule has 20 heavy (non-hydrogen) atoms. The van der Waals surface area contributed by atoms with Crippen molar-refractivity contribution < 1.29 is 14.7 Å². The number of anilines is 1. The molecule has 0 saturated carbocycles. The number of carbonyl (C=O) groups is 2. The highest BCUT2D eigenvalue weighted by molar-refractivity contribution is 7.00. The Morgan fingerprint density at radius 3 is 2.80 bits per heavy atom. The lowest BCUT2D eigenvalue weighted by molar-refractivity contribution is -0.141. The smallest absolute Gasteiger partial charge is 0.326 e. The third-order valence-corrected chi connectivity index (χ3v) is 3.73. The summed E-state index contributed by atoms with van der Waals surface area (Å²) in [5.41, 5.74) is 1.42. The Hall–Kier alpha value is -1.93. The quantitative estimate of drug-likeness (QED) is 0.906. The maximum Gasteiger partial charge on any atom is 0.326 e. The third-order valence-electron chi connectivity index (χ3n) is 2.87. The van der Waals surface area contributed by atoms with Gasteiger partial charge in [-0.25, -0.2) is 9.59 Å². The fourth-order valence-corrected chi connectivity index (χ4v) is 2.22. The maximum absolute atomic E-state index is 12.0. The molecule has 0 spiro atoms. The number of carboxylic acid groups (broad SMARTS) is 1. The molecule has 9 heteroatoms. The van der Waals surface area contributed by atoms with E-state index in [2.05, 4.69) is 14.1 Å². The van der Waals surface area contributed by atoms with E-state index in [1.165, 1.54) is 14.0 Å². The number of fused-ring (bicyclic) bond motifs is 1. The summed E-state index contributed by atoms with van der Waals surface area (Å²) >= 11 is 7.04. The van der Waals surface area contributed by atoms with Crippen molar-refractivity contribution in [3.8, 4) is 0 Å². The molecule has 2 amide bonds. The van der Waals surface area contributed by atoms with Crippen LogP contribution in [0, 0.1) is 0 Å². The first-order chi connectivity index (χ1) is 9.41. The van der Waals surface area contributed by atoms with Crippen LogP contribution in [0.4, 0.5) is 10.5 Å². The van der Waals surface area contributed by atoms with Gasteiger partial charge in [-0.2, -0.15) is 8.75 Å². The molecule has 0 bridgehead atoms. The first kappa shape index (κ1) is 14.5. The second-order valence-corrected chi connectivity index (χ2v) is 5.05. The van der Waals surface area contributed by atoms with Gasteiger partial charge >= 0.3 is 12.0 Å². The van der Waals surface area contributed by atoms with Gasteiger partial charge in [-0.05, 0) is 19.1 Å². The predicted molar refractivity (Wildman–Crippen MR) is 76.3 cm³/mol. The first-order valence-electron chi connectivity index (χ1n) is 5.59. The minimum absolute atomic E-state index is 0.315. The van der Waals surface area contributed by atoms with Crippen LogP contribution >= 0.6 is 23.3 Å². The molecular weight excluding hydrogens is 304 g/mol. The Bertz CT molecular complexity index is 675. The molecule has 1 aromatic heterocycles. The van der Waals surface area contributed by atoms with E-state index in [1.54, 1.807) is 12.1 Å². The summed E-state index contributed by atoms with van der Waals surface area (Å²) in [6.07, 6.45) is 0. The number of likely N-dealkylation sites (N-methyl/N-ethyl adjacent to an activating group) is 1. The van der Waals surface area contributed by atoms with Crippen LogP contribution in [0.25, 0.3) is 11.0 Å². The van der Waals surface area contributed by atoms with Gasteiger partial charge in [0, 0.05) is 7.05 Å². The molecule has 0 aliphatic heterocycles. The number of halogens is 1. The van der Waals surface area contributed by atoms with Crippen molar-refractivity contribution in [1.29, 1.82) is 0 Å². The zero-order valence-corrected chi connectivity index (χ0v) is 12.2. The average molecular weight is 315 g/mol. The fraction of sp³-hybridized carbons (Fsp3) is 0.273. The number of nitrogens with zero attached hydrogens (tertiary/aromatic N) is 3. The van der Waals surface area contributed by atoms with Crippen molar-refractivity contribution in [1.82, 2.24) is 13.6 Å². The van der Waals surface area contributed by atoms with Crippen molar-refractivity contribution in [3.63, 3.8) is 0 Å². The summed E-state index contributed by atoms with van der Waals surface area (Å²) < 4.78 is 8.12. The Morgan fingerprint density at radius 1 is 1.45 bits per heavy atom. The Labute approximate surface area is 123 Å². The molecule has 0 aliphatic carbocycles. The summed E-state index contributed by atoms with van der Waals surface area (Å²) in [4.78, 5) is 24.0. The zero-order valence-electron chi connectivity index (χ0n) is 10.6. The number of urea groups is 1. The summed E-state index contributed by atoms with van der Waals surface area (Å²) in [7, 11) is 1.39. The highest BCUT2D eigenvalue weighted by Gasteiger charge is 2.23. The van der Waals surface area contributed by atoms with Crippen molar-refractivity contribution in [2.45, 2.75) is 13.0 Å². The second-order valence-electron chi connectivity index (χ2n) is 4.11. The monoisotopic (exact) mass is 314 g/mol. The number of rotatable bonds is 3. The number of aromatic nitrogens is 2. The molecule has 0 aliphatic rings. The highest BCUT2D eigenvalue weighted by Crippen LogP contribution is 2.30. The number of hydrogen-bond acceptors (Lipinski definition) is 5. The summed E-state index contributed by atoms with van der Waals surface area (Å²) in [5.74, 6) is -1.10. The van der Waals surface area contributed by atoms with Gasteiger partial charge in [0.25, 0.3) is 0 Å². The van der Waals surface area contributed by atoms with Crippen molar-refractivity contribution in [3.05, 3.63) is 17.2 Å². The first-order valence-corrected chi connectivity index (χ1v) is 6.70. The molecule has 2 rings (SSSR count). The van der Waals surface area contributed by atoms with Crippen LogP contribution in [-0.4, -0.2) is 43.8 Å². The summed E-state index contributed by atoms with van der Waals surface area (Å²) in [6, 6.07) is 1.76. The van der Waals surface area contributed by atoms with E-state index in [9.17, 15) is 9.59 Å². The SMILES string of the molecule is CC(C(=O)O)N(C)C(=O)Nc1c(Cl)ccc2nsnc12. The molecule has 1 atom stereocenters. The van der Waals surface area contributed by atoms with Gasteiger partial charge < -0.3 is 15.3 Å². The second kappa shape index (κ2) is 5.59. The van der Waals surface area contributed by atoms with Gasteiger partial charge in [0.1, 0.15) is 17.1 Å². The van der Waals surface area contributed by atoms with E-state index in [-0.39, 0.29) is 0 Å². The van der Waals surface area contributed by atoms with Crippen LogP contribution in [0.15, 0.2) is 12.1 Å². The number of hydrogen-bond donors (Lipinski definition) is 2. The van der Waals surface area contributed by atoms with E-state index in [0.29, 0.717) is 21.7 Å². The highest BCUT2D eigenvalue weighted by atomic mass is 35.5. The fourth-order valence-electron chi connectivity index (χ4n) is 1.48. The Morgan fingerprint density at radius 2 is 2.15 bits per heavy atom. The van der Waals surface area contributed by atoms with Crippen molar-refractivity contribution in [2.75, 3.05) is 12.4 Å². The van der Waals surface area contributed by atoms with Crippen LogP contribution in [0.3, 0.4) is 0 Å². The van der Waals surface area contributed by atoms with Gasteiger partial charge in [-0.1, -0.05) is 11.6 Å². The molecule has 106 valence electrons. The predicted octanol–water partition coefficient (Wildman–Crippen LogP) is 2.28. The van der Waals surface area contributed by atoms with Gasteiger partial charge in [-0.15, -0.1) is 0 Å². The number of amides is 2. The molecule has 7 nitrogen and oxygen atoms in total. The van der Waals surface area contributed by atoms with Crippen LogP contribution in [0.5, 0.6) is 0 Å². The number of benzene rings is 1. The maximum atomic E-state index is 12.0. The minimum Gasteiger partial charge on any atom is -0.480 e. The van der Waals surface area contributed by atoms with Crippen LogP contribution in [-0.2, 0) is 4.79 Å². The summed E-state index contributed by atoms with van der Waals surface area (Å²) in [6.45, 7) is 1.41. The topological polar surface area (TPSA) is 95.4 Å². The van der Waals surface area contributed by atoms with E-state index in [1.807, 2.05) is 0 Å². The zero-order chi connectivity index (χ0) is 14.9. The molecule has 2 aromatic rings. The molecule has 1 heterocycles. The lowest BCUT2D eigenvalue weighted by atomic mass is 10.2. The molecule has 0 saturated heterocycles. The number of nitrogens with one attached hydrogen (secondary N) is 1. The Kier molecular flexibility index (Phi) is 4.05. The molecule has 2 N–H and O–H groups in total. The van der Waals surface area contributed by atoms with Crippen molar-refractivity contribution >= 4 is 52.1 Å². The molecule has 0 radical (unpaired) electrons. The van der Waals surface area contributed by atoms with E-state index >= 15 is 0 Å².